The molecule has 0 radical (unpaired) electrons. The largest absolute Gasteiger partial charge is 0.435 e. The summed E-state index contributed by atoms with van der Waals surface area (Å²) in [5.41, 5.74) is 1.44. The Hall–Kier alpha value is -3.02. The molecular formula is C22H20ClF2N3O5S. The zero-order chi connectivity index (χ0) is 24.6. The molecule has 0 fully saturated rings. The molecule has 8 nitrogen and oxygen atoms in total. The van der Waals surface area contributed by atoms with Crippen LogP contribution in [0.3, 0.4) is 0 Å². The van der Waals surface area contributed by atoms with Crippen LogP contribution in [0.2, 0.25) is 5.02 Å². The van der Waals surface area contributed by atoms with E-state index in [0.29, 0.717) is 21.8 Å². The van der Waals surface area contributed by atoms with E-state index in [9.17, 15) is 27.1 Å². The fraction of sp³-hybridized carbons (Fsp3) is 0.273. The van der Waals surface area contributed by atoms with Crippen molar-refractivity contribution in [3.8, 4) is 5.75 Å². The van der Waals surface area contributed by atoms with E-state index in [1.54, 1.807) is 24.3 Å². The highest BCUT2D eigenvalue weighted by Crippen LogP contribution is 2.32. The molecule has 12 heteroatoms. The molecule has 1 N–H and O–H groups in total. The number of alkyl halides is 2. The number of aliphatic hydroxyl groups is 1. The van der Waals surface area contributed by atoms with Crippen molar-refractivity contribution in [3.63, 3.8) is 0 Å². The molecule has 1 aliphatic rings. The maximum Gasteiger partial charge on any atom is 0.387 e. The summed E-state index contributed by atoms with van der Waals surface area (Å²) < 4.78 is 55.4. The lowest BCUT2D eigenvalue weighted by molar-refractivity contribution is -0.135. The number of carbonyl (C=O) groups excluding carboxylic acids is 1. The minimum atomic E-state index is -4.08. The van der Waals surface area contributed by atoms with Gasteiger partial charge in [-0.1, -0.05) is 29.8 Å². The summed E-state index contributed by atoms with van der Waals surface area (Å²) in [7, 11) is -4.08. The molecule has 2 atom stereocenters. The summed E-state index contributed by atoms with van der Waals surface area (Å²) in [6.07, 6.45) is 0.312. The first-order valence-electron chi connectivity index (χ1n) is 10.2. The van der Waals surface area contributed by atoms with Crippen LogP contribution in [0.15, 0.2) is 59.6 Å². The van der Waals surface area contributed by atoms with Crippen LogP contribution in [0.5, 0.6) is 5.75 Å². The van der Waals surface area contributed by atoms with Gasteiger partial charge in [-0.25, -0.2) is 0 Å². The zero-order valence-corrected chi connectivity index (χ0v) is 19.4. The molecule has 2 aromatic carbocycles. The van der Waals surface area contributed by atoms with Gasteiger partial charge in [-0.3, -0.25) is 4.79 Å². The van der Waals surface area contributed by atoms with Crippen molar-refractivity contribution in [1.29, 1.82) is 0 Å². The Labute approximate surface area is 199 Å². The first kappa shape index (κ1) is 24.1. The van der Waals surface area contributed by atoms with Crippen molar-refractivity contribution in [2.45, 2.75) is 43.5 Å². The minimum absolute atomic E-state index is 0.0610. The van der Waals surface area contributed by atoms with Crippen molar-refractivity contribution in [2.75, 3.05) is 0 Å². The number of fused-ring (bicyclic) bond motifs is 1. The Morgan fingerprint density at radius 2 is 1.82 bits per heavy atom. The van der Waals surface area contributed by atoms with E-state index in [0.717, 1.165) is 28.4 Å². The third kappa shape index (κ3) is 4.63. The average molecular weight is 512 g/mol. The van der Waals surface area contributed by atoms with Crippen LogP contribution in [0.1, 0.15) is 29.7 Å². The smallest absolute Gasteiger partial charge is 0.387 e. The van der Waals surface area contributed by atoms with Gasteiger partial charge in [0.25, 0.3) is 10.0 Å². The number of halogens is 3. The molecule has 1 amide bonds. The van der Waals surface area contributed by atoms with Crippen LogP contribution in [0.25, 0.3) is 0 Å². The predicted octanol–water partition coefficient (Wildman–Crippen LogP) is 3.38. The van der Waals surface area contributed by atoms with Gasteiger partial charge in [-0.05, 0) is 42.8 Å². The number of carbonyl (C=O) groups is 1. The minimum Gasteiger partial charge on any atom is -0.435 e. The Balaban J connectivity index is 1.53. The number of aromatic nitrogens is 2. The molecular weight excluding hydrogens is 492 g/mol. The number of hydrogen-bond donors (Lipinski definition) is 1. The maximum absolute atomic E-state index is 13.2. The van der Waals surface area contributed by atoms with E-state index in [2.05, 4.69) is 9.84 Å². The third-order valence-corrected chi connectivity index (χ3v) is 7.34. The number of rotatable bonds is 7. The lowest BCUT2D eigenvalue weighted by Gasteiger charge is -2.26. The van der Waals surface area contributed by atoms with Crippen LogP contribution in [-0.2, 0) is 27.9 Å². The normalized spacial score (nSPS) is 15.3. The number of hydrogen-bond acceptors (Lipinski definition) is 6. The maximum atomic E-state index is 13.2. The highest BCUT2D eigenvalue weighted by atomic mass is 35.5. The molecule has 1 aliphatic heterocycles. The fourth-order valence-electron chi connectivity index (χ4n) is 3.83. The highest BCUT2D eigenvalue weighted by molar-refractivity contribution is 7.89. The van der Waals surface area contributed by atoms with E-state index >= 15 is 0 Å². The van der Waals surface area contributed by atoms with Crippen LogP contribution >= 0.6 is 11.6 Å². The number of amides is 1. The van der Waals surface area contributed by atoms with Gasteiger partial charge in [0, 0.05) is 23.3 Å². The van der Waals surface area contributed by atoms with Crippen LogP contribution in [-0.4, -0.2) is 46.2 Å². The summed E-state index contributed by atoms with van der Waals surface area (Å²) in [5.74, 6) is -1.41. The SMILES string of the molecule is C[C@H](O)[C@H](C(=O)N1Cc2cn(S(=O)(=O)c3ccc(OC(F)F)cc3)nc2C1)c1ccccc1Cl. The molecule has 180 valence electrons. The molecule has 34 heavy (non-hydrogen) atoms. The Morgan fingerprint density at radius 3 is 2.41 bits per heavy atom. The predicted molar refractivity (Wildman–Crippen MR) is 118 cm³/mol. The third-order valence-electron chi connectivity index (χ3n) is 5.45. The van der Waals surface area contributed by atoms with Gasteiger partial charge in [0.05, 0.1) is 29.2 Å². The molecule has 2 heterocycles. The van der Waals surface area contributed by atoms with Gasteiger partial charge < -0.3 is 14.7 Å². The summed E-state index contributed by atoms with van der Waals surface area (Å²) in [5, 5.41) is 14.8. The fourth-order valence-corrected chi connectivity index (χ4v) is 5.25. The lowest BCUT2D eigenvalue weighted by atomic mass is 9.92. The first-order chi connectivity index (χ1) is 16.1. The van der Waals surface area contributed by atoms with Crippen molar-refractivity contribution < 1.29 is 31.8 Å². The molecule has 0 saturated heterocycles. The summed E-state index contributed by atoms with van der Waals surface area (Å²) in [4.78, 5) is 14.5. The number of ether oxygens (including phenoxy) is 1. The summed E-state index contributed by atoms with van der Waals surface area (Å²) >= 11 is 6.24. The monoisotopic (exact) mass is 511 g/mol. The second-order valence-corrected chi connectivity index (χ2v) is 9.97. The van der Waals surface area contributed by atoms with Gasteiger partial charge >= 0.3 is 6.61 Å². The van der Waals surface area contributed by atoms with Gasteiger partial charge in [-0.2, -0.15) is 26.4 Å². The van der Waals surface area contributed by atoms with Gasteiger partial charge in [0.1, 0.15) is 5.75 Å². The van der Waals surface area contributed by atoms with Crippen LogP contribution < -0.4 is 4.74 Å². The molecule has 1 aromatic heterocycles. The van der Waals surface area contributed by atoms with Gasteiger partial charge in [-0.15, -0.1) is 0 Å². The average Bonchev–Trinajstić information content (AvgIpc) is 3.35. The molecule has 0 spiro atoms. The van der Waals surface area contributed by atoms with Gasteiger partial charge in [0.15, 0.2) is 0 Å². The molecule has 0 saturated carbocycles. The molecule has 0 bridgehead atoms. The molecule has 0 aliphatic carbocycles. The lowest BCUT2D eigenvalue weighted by Crippen LogP contribution is -2.36. The van der Waals surface area contributed by atoms with E-state index in [-0.39, 0.29) is 29.6 Å². The number of aliphatic hydroxyl groups excluding tert-OH is 1. The highest BCUT2D eigenvalue weighted by Gasteiger charge is 2.36. The van der Waals surface area contributed by atoms with Crippen LogP contribution in [0.4, 0.5) is 8.78 Å². The zero-order valence-electron chi connectivity index (χ0n) is 17.8. The molecule has 3 aromatic rings. The van der Waals surface area contributed by atoms with Gasteiger partial charge in [0.2, 0.25) is 5.91 Å². The summed E-state index contributed by atoms with van der Waals surface area (Å²) in [6, 6.07) is 11.3. The van der Waals surface area contributed by atoms with E-state index < -0.39 is 28.7 Å². The van der Waals surface area contributed by atoms with E-state index in [4.69, 9.17) is 11.6 Å². The Bertz CT molecular complexity index is 1290. The Kier molecular flexibility index (Phi) is 6.61. The van der Waals surface area contributed by atoms with Crippen LogP contribution in [0, 0.1) is 0 Å². The second-order valence-electron chi connectivity index (χ2n) is 7.76. The topological polar surface area (TPSA) is 102 Å². The molecule has 4 rings (SSSR count). The quantitative estimate of drug-likeness (QED) is 0.522. The number of nitrogens with zero attached hydrogens (tertiary/aromatic N) is 3. The first-order valence-corrected chi connectivity index (χ1v) is 12.0. The van der Waals surface area contributed by atoms with E-state index in [1.807, 2.05) is 0 Å². The van der Waals surface area contributed by atoms with E-state index in [1.165, 1.54) is 18.0 Å². The van der Waals surface area contributed by atoms with Crippen molar-refractivity contribution in [3.05, 3.63) is 76.6 Å². The Morgan fingerprint density at radius 1 is 1.15 bits per heavy atom. The standard InChI is InChI=1S/C22H20ClF2N3O5S/c1-13(29)20(17-4-2-3-5-18(17)23)21(30)27-10-14-11-28(26-19(14)12-27)34(31,32)16-8-6-15(7-9-16)33-22(24)25/h2-9,11,13,20,22,29H,10,12H2,1H3/t13-,20-/m0/s1. The van der Waals surface area contributed by atoms with Crippen molar-refractivity contribution >= 4 is 27.5 Å². The van der Waals surface area contributed by atoms with Crippen molar-refractivity contribution in [1.82, 2.24) is 14.1 Å². The summed E-state index contributed by atoms with van der Waals surface area (Å²) in [6.45, 7) is -1.34. The second kappa shape index (κ2) is 9.32. The number of benzene rings is 2. The molecule has 0 unspecified atom stereocenters. The van der Waals surface area contributed by atoms with Crippen molar-refractivity contribution in [2.24, 2.45) is 0 Å².